The fourth-order valence-corrected chi connectivity index (χ4v) is 2.65. The zero-order valence-corrected chi connectivity index (χ0v) is 10.9. The Morgan fingerprint density at radius 1 is 1.47 bits per heavy atom. The number of hydrogen-bond acceptors (Lipinski definition) is 3. The monoisotopic (exact) mass is 264 g/mol. The highest BCUT2D eigenvalue weighted by Crippen LogP contribution is 2.32. The van der Waals surface area contributed by atoms with Crippen LogP contribution in [-0.4, -0.2) is 4.57 Å². The Balaban J connectivity index is 2.79. The number of nitriles is 1. The highest BCUT2D eigenvalue weighted by Gasteiger charge is 2.13. The van der Waals surface area contributed by atoms with Crippen molar-refractivity contribution in [1.29, 1.82) is 5.26 Å². The van der Waals surface area contributed by atoms with Gasteiger partial charge in [-0.1, -0.05) is 11.6 Å². The van der Waals surface area contributed by atoms with Crippen molar-refractivity contribution in [1.82, 2.24) is 4.57 Å². The second-order valence-electron chi connectivity index (χ2n) is 3.65. The van der Waals surface area contributed by atoms with Gasteiger partial charge in [-0.3, -0.25) is 4.79 Å². The first kappa shape index (κ1) is 11.9. The molecule has 0 aromatic carbocycles. The molecule has 0 saturated carbocycles. The van der Waals surface area contributed by atoms with Gasteiger partial charge < -0.3 is 4.57 Å². The number of halogens is 1. The summed E-state index contributed by atoms with van der Waals surface area (Å²) in [6.45, 7) is 1.83. The van der Waals surface area contributed by atoms with E-state index < -0.39 is 0 Å². The standard InChI is InChI=1S/C12H9ClN2OS/c1-7-5-8(10-3-4-11(13)17-10)9(6-14)12(16)15(7)2/h3-5H,1-2H3. The Labute approximate surface area is 108 Å². The molecule has 3 nitrogen and oxygen atoms in total. The summed E-state index contributed by atoms with van der Waals surface area (Å²) < 4.78 is 2.11. The van der Waals surface area contributed by atoms with Crippen LogP contribution in [0.5, 0.6) is 0 Å². The van der Waals surface area contributed by atoms with Crippen molar-refractivity contribution in [2.45, 2.75) is 6.92 Å². The maximum Gasteiger partial charge on any atom is 0.269 e. The molecule has 0 bridgehead atoms. The van der Waals surface area contributed by atoms with E-state index in [4.69, 9.17) is 16.9 Å². The van der Waals surface area contributed by atoms with E-state index in [-0.39, 0.29) is 11.1 Å². The Morgan fingerprint density at radius 3 is 2.71 bits per heavy atom. The van der Waals surface area contributed by atoms with E-state index in [2.05, 4.69) is 0 Å². The first-order valence-electron chi connectivity index (χ1n) is 4.91. The summed E-state index contributed by atoms with van der Waals surface area (Å²) >= 11 is 7.23. The van der Waals surface area contributed by atoms with Crippen LogP contribution in [0, 0.1) is 18.3 Å². The van der Waals surface area contributed by atoms with E-state index in [0.717, 1.165) is 10.6 Å². The number of aryl methyl sites for hydroxylation is 1. The molecule has 0 N–H and O–H groups in total. The zero-order chi connectivity index (χ0) is 12.6. The van der Waals surface area contributed by atoms with E-state index in [1.165, 1.54) is 15.9 Å². The molecule has 2 aromatic heterocycles. The quantitative estimate of drug-likeness (QED) is 0.795. The predicted molar refractivity (Wildman–Crippen MR) is 69.5 cm³/mol. The van der Waals surface area contributed by atoms with Gasteiger partial charge in [0.2, 0.25) is 0 Å². The summed E-state index contributed by atoms with van der Waals surface area (Å²) in [5.74, 6) is 0. The molecule has 0 aliphatic heterocycles. The highest BCUT2D eigenvalue weighted by molar-refractivity contribution is 7.19. The van der Waals surface area contributed by atoms with E-state index >= 15 is 0 Å². The largest absolute Gasteiger partial charge is 0.315 e. The van der Waals surface area contributed by atoms with Gasteiger partial charge in [-0.25, -0.2) is 0 Å². The lowest BCUT2D eigenvalue weighted by atomic mass is 10.1. The normalized spacial score (nSPS) is 10.2. The molecular formula is C12H9ClN2OS. The van der Waals surface area contributed by atoms with Crippen molar-refractivity contribution in [3.63, 3.8) is 0 Å². The van der Waals surface area contributed by atoms with E-state index in [0.29, 0.717) is 9.90 Å². The Morgan fingerprint density at radius 2 is 2.18 bits per heavy atom. The molecule has 0 radical (unpaired) electrons. The Hall–Kier alpha value is -1.57. The molecule has 86 valence electrons. The number of thiophene rings is 1. The molecule has 2 aromatic rings. The minimum atomic E-state index is -0.271. The Bertz CT molecular complexity index is 679. The molecule has 0 unspecified atom stereocenters. The van der Waals surface area contributed by atoms with Gasteiger partial charge in [0.25, 0.3) is 5.56 Å². The average Bonchev–Trinajstić information content (AvgIpc) is 2.72. The lowest BCUT2D eigenvalue weighted by Gasteiger charge is -2.07. The number of hydrogen-bond donors (Lipinski definition) is 0. The molecule has 0 aliphatic carbocycles. The average molecular weight is 265 g/mol. The maximum absolute atomic E-state index is 11.9. The molecule has 0 fully saturated rings. The zero-order valence-electron chi connectivity index (χ0n) is 9.32. The van der Waals surface area contributed by atoms with Gasteiger partial charge in [0.15, 0.2) is 0 Å². The van der Waals surface area contributed by atoms with Gasteiger partial charge >= 0.3 is 0 Å². The molecule has 5 heteroatoms. The van der Waals surface area contributed by atoms with Crippen LogP contribution in [0.2, 0.25) is 4.34 Å². The second kappa shape index (κ2) is 4.36. The molecule has 2 rings (SSSR count). The molecule has 0 aliphatic rings. The summed E-state index contributed by atoms with van der Waals surface area (Å²) in [6.07, 6.45) is 0. The van der Waals surface area contributed by atoms with Gasteiger partial charge in [-0.15, -0.1) is 11.3 Å². The predicted octanol–water partition coefficient (Wildman–Crippen LogP) is 2.95. The van der Waals surface area contributed by atoms with E-state index in [9.17, 15) is 4.79 Å². The molecule has 0 atom stereocenters. The smallest absolute Gasteiger partial charge is 0.269 e. The van der Waals surface area contributed by atoms with Crippen LogP contribution in [0.15, 0.2) is 23.0 Å². The Kier molecular flexibility index (Phi) is 3.05. The van der Waals surface area contributed by atoms with Crippen molar-refractivity contribution in [2.75, 3.05) is 0 Å². The van der Waals surface area contributed by atoms with Gasteiger partial charge in [0.05, 0.1) is 4.34 Å². The lowest BCUT2D eigenvalue weighted by molar-refractivity contribution is 0.816. The summed E-state index contributed by atoms with van der Waals surface area (Å²) in [5, 5.41) is 9.09. The third-order valence-corrected chi connectivity index (χ3v) is 3.89. The van der Waals surface area contributed by atoms with Crippen LogP contribution < -0.4 is 5.56 Å². The van der Waals surface area contributed by atoms with Gasteiger partial charge in [0.1, 0.15) is 11.6 Å². The SMILES string of the molecule is Cc1cc(-c2ccc(Cl)s2)c(C#N)c(=O)n1C. The second-order valence-corrected chi connectivity index (χ2v) is 5.37. The van der Waals surface area contributed by atoms with Crippen LogP contribution in [-0.2, 0) is 7.05 Å². The van der Waals surface area contributed by atoms with Crippen molar-refractivity contribution in [2.24, 2.45) is 7.05 Å². The van der Waals surface area contributed by atoms with E-state index in [1.807, 2.05) is 25.1 Å². The van der Waals surface area contributed by atoms with Gasteiger partial charge in [-0.2, -0.15) is 5.26 Å². The van der Waals surface area contributed by atoms with Crippen LogP contribution in [0.1, 0.15) is 11.3 Å². The minimum Gasteiger partial charge on any atom is -0.315 e. The fraction of sp³-hybridized carbons (Fsp3) is 0.167. The summed E-state index contributed by atoms with van der Waals surface area (Å²) in [6, 6.07) is 7.39. The van der Waals surface area contributed by atoms with Crippen LogP contribution in [0.4, 0.5) is 0 Å². The van der Waals surface area contributed by atoms with Crippen LogP contribution >= 0.6 is 22.9 Å². The number of aromatic nitrogens is 1. The van der Waals surface area contributed by atoms with Crippen LogP contribution in [0.25, 0.3) is 10.4 Å². The van der Waals surface area contributed by atoms with Crippen molar-refractivity contribution in [3.8, 4) is 16.5 Å². The molecular weight excluding hydrogens is 256 g/mol. The number of pyridine rings is 1. The molecule has 0 spiro atoms. The van der Waals surface area contributed by atoms with Crippen molar-refractivity contribution < 1.29 is 0 Å². The van der Waals surface area contributed by atoms with Crippen molar-refractivity contribution in [3.05, 3.63) is 44.1 Å². The molecule has 2 heterocycles. The third kappa shape index (κ3) is 1.99. The number of nitrogens with zero attached hydrogens (tertiary/aromatic N) is 2. The topological polar surface area (TPSA) is 45.8 Å². The van der Waals surface area contributed by atoms with E-state index in [1.54, 1.807) is 13.1 Å². The van der Waals surface area contributed by atoms with Crippen molar-refractivity contribution >= 4 is 22.9 Å². The number of rotatable bonds is 1. The summed E-state index contributed by atoms with van der Waals surface area (Å²) in [5.41, 5.74) is 1.36. The highest BCUT2D eigenvalue weighted by atomic mass is 35.5. The molecule has 0 saturated heterocycles. The fourth-order valence-electron chi connectivity index (χ4n) is 1.58. The lowest BCUT2D eigenvalue weighted by Crippen LogP contribution is -2.22. The first-order valence-corrected chi connectivity index (χ1v) is 6.10. The summed E-state index contributed by atoms with van der Waals surface area (Å²) in [7, 11) is 1.66. The molecule has 0 amide bonds. The summed E-state index contributed by atoms with van der Waals surface area (Å²) in [4.78, 5) is 12.8. The third-order valence-electron chi connectivity index (χ3n) is 2.62. The van der Waals surface area contributed by atoms with Gasteiger partial charge in [0, 0.05) is 23.2 Å². The first-order chi connectivity index (χ1) is 8.04. The maximum atomic E-state index is 11.9. The van der Waals surface area contributed by atoms with Crippen LogP contribution in [0.3, 0.4) is 0 Å². The minimum absolute atomic E-state index is 0.164. The molecule has 17 heavy (non-hydrogen) atoms. The van der Waals surface area contributed by atoms with Gasteiger partial charge in [-0.05, 0) is 25.1 Å².